The number of hydrogen-bond donors (Lipinski definition) is 2. The van der Waals surface area contributed by atoms with Crippen molar-refractivity contribution in [2.75, 3.05) is 57.7 Å². The molecule has 2 aromatic rings. The first-order valence-electron chi connectivity index (χ1n) is 12.0. The minimum Gasteiger partial charge on any atom is -0.478 e. The summed E-state index contributed by atoms with van der Waals surface area (Å²) in [4.78, 5) is 35.1. The number of anilines is 1. The summed E-state index contributed by atoms with van der Waals surface area (Å²) in [7, 11) is 0. The fourth-order valence-electron chi connectivity index (χ4n) is 4.39. The maximum absolute atomic E-state index is 12.5. The van der Waals surface area contributed by atoms with E-state index in [0.29, 0.717) is 18.8 Å². The zero-order valence-electron chi connectivity index (χ0n) is 19.5. The molecule has 8 nitrogen and oxygen atoms in total. The van der Waals surface area contributed by atoms with Crippen molar-refractivity contribution < 1.29 is 14.7 Å². The van der Waals surface area contributed by atoms with Gasteiger partial charge in [-0.15, -0.1) is 0 Å². The third-order valence-electron chi connectivity index (χ3n) is 6.36. The summed E-state index contributed by atoms with van der Waals surface area (Å²) in [6.45, 7) is 5.95. The highest BCUT2D eigenvalue weighted by molar-refractivity contribution is 5.96. The van der Waals surface area contributed by atoms with E-state index < -0.39 is 5.97 Å². The van der Waals surface area contributed by atoms with Crippen LogP contribution in [0.15, 0.2) is 59.6 Å². The van der Waals surface area contributed by atoms with E-state index in [1.807, 2.05) is 29.2 Å². The standard InChI is InChI=1S/C26H33N5O3/c32-24(30-13-4-5-14-30)20-29-15-17-31(18-16-29)26(27-12-11-21-7-2-1-3-8-21)28-23-10-6-9-22(19-23)25(33)34/h1-3,6-10,19H,4-5,11-18,20H2,(H,27,28)(H,33,34). The van der Waals surface area contributed by atoms with Crippen molar-refractivity contribution >= 4 is 23.5 Å². The number of carbonyl (C=O) groups is 2. The number of rotatable bonds is 7. The van der Waals surface area contributed by atoms with E-state index in [0.717, 1.165) is 64.5 Å². The first kappa shape index (κ1) is 23.8. The molecule has 2 fully saturated rings. The molecule has 0 saturated carbocycles. The van der Waals surface area contributed by atoms with Gasteiger partial charge in [-0.2, -0.15) is 0 Å². The van der Waals surface area contributed by atoms with Gasteiger partial charge in [-0.05, 0) is 43.0 Å². The normalized spacial score (nSPS) is 17.1. The first-order chi connectivity index (χ1) is 16.6. The largest absolute Gasteiger partial charge is 0.478 e. The molecule has 0 atom stereocenters. The van der Waals surface area contributed by atoms with E-state index in [9.17, 15) is 14.7 Å². The number of guanidine groups is 1. The van der Waals surface area contributed by atoms with Gasteiger partial charge in [0.1, 0.15) is 0 Å². The molecule has 8 heteroatoms. The van der Waals surface area contributed by atoms with Crippen LogP contribution in [-0.4, -0.2) is 90.0 Å². The number of carbonyl (C=O) groups excluding carboxylic acids is 1. The van der Waals surface area contributed by atoms with Crippen LogP contribution >= 0.6 is 0 Å². The second kappa shape index (κ2) is 11.7. The maximum atomic E-state index is 12.5. The Morgan fingerprint density at radius 3 is 2.32 bits per heavy atom. The lowest BCUT2D eigenvalue weighted by atomic mass is 10.1. The Morgan fingerprint density at radius 2 is 1.62 bits per heavy atom. The minimum absolute atomic E-state index is 0.228. The SMILES string of the molecule is O=C(O)c1cccc(NC(=NCCc2ccccc2)N2CCN(CC(=O)N3CCCC3)CC2)c1. The molecule has 0 spiro atoms. The highest BCUT2D eigenvalue weighted by Gasteiger charge is 2.25. The maximum Gasteiger partial charge on any atom is 0.335 e. The predicted molar refractivity (Wildman–Crippen MR) is 133 cm³/mol. The Morgan fingerprint density at radius 1 is 0.882 bits per heavy atom. The molecule has 34 heavy (non-hydrogen) atoms. The topological polar surface area (TPSA) is 88.5 Å². The van der Waals surface area contributed by atoms with Crippen molar-refractivity contribution in [3.05, 3.63) is 65.7 Å². The number of nitrogens with zero attached hydrogens (tertiary/aromatic N) is 4. The van der Waals surface area contributed by atoms with Gasteiger partial charge < -0.3 is 20.2 Å². The monoisotopic (exact) mass is 463 g/mol. The molecule has 0 aromatic heterocycles. The molecule has 2 heterocycles. The Labute approximate surface area is 200 Å². The zero-order valence-corrected chi connectivity index (χ0v) is 19.5. The molecule has 2 aliphatic rings. The summed E-state index contributed by atoms with van der Waals surface area (Å²) in [5.41, 5.74) is 2.16. The van der Waals surface area contributed by atoms with Crippen molar-refractivity contribution in [3.63, 3.8) is 0 Å². The average Bonchev–Trinajstić information content (AvgIpc) is 3.40. The number of aromatic carboxylic acids is 1. The molecule has 2 aromatic carbocycles. The third-order valence-corrected chi connectivity index (χ3v) is 6.36. The molecule has 0 bridgehead atoms. The highest BCUT2D eigenvalue weighted by Crippen LogP contribution is 2.14. The second-order valence-electron chi connectivity index (χ2n) is 8.80. The molecule has 2 N–H and O–H groups in total. The lowest BCUT2D eigenvalue weighted by molar-refractivity contribution is -0.131. The van der Waals surface area contributed by atoms with Gasteiger partial charge in [0.25, 0.3) is 0 Å². The molecule has 2 aliphatic heterocycles. The summed E-state index contributed by atoms with van der Waals surface area (Å²) in [5.74, 6) is 0.0119. The number of carboxylic acids is 1. The molecule has 2 saturated heterocycles. The van der Waals surface area contributed by atoms with E-state index in [-0.39, 0.29) is 11.5 Å². The lowest BCUT2D eigenvalue weighted by Gasteiger charge is -2.36. The van der Waals surface area contributed by atoms with Gasteiger partial charge in [0.2, 0.25) is 5.91 Å². The van der Waals surface area contributed by atoms with Crippen LogP contribution in [0.5, 0.6) is 0 Å². The van der Waals surface area contributed by atoms with Crippen LogP contribution in [0.4, 0.5) is 5.69 Å². The number of benzene rings is 2. The van der Waals surface area contributed by atoms with Crippen LogP contribution in [0.3, 0.4) is 0 Å². The molecular weight excluding hydrogens is 430 g/mol. The highest BCUT2D eigenvalue weighted by atomic mass is 16.4. The summed E-state index contributed by atoms with van der Waals surface area (Å²) in [6, 6.07) is 17.0. The number of nitrogens with one attached hydrogen (secondary N) is 1. The van der Waals surface area contributed by atoms with E-state index >= 15 is 0 Å². The van der Waals surface area contributed by atoms with Gasteiger partial charge in [0, 0.05) is 51.5 Å². The number of amides is 1. The number of piperazine rings is 1. The number of likely N-dealkylation sites (tertiary alicyclic amines) is 1. The fourth-order valence-corrected chi connectivity index (χ4v) is 4.39. The molecule has 0 aliphatic carbocycles. The fraction of sp³-hybridized carbons (Fsp3) is 0.423. The van der Waals surface area contributed by atoms with Crippen LogP contribution in [0.25, 0.3) is 0 Å². The summed E-state index contributed by atoms with van der Waals surface area (Å²) in [6.07, 6.45) is 3.04. The van der Waals surface area contributed by atoms with Crippen molar-refractivity contribution in [2.24, 2.45) is 4.99 Å². The Hall–Kier alpha value is -3.39. The van der Waals surface area contributed by atoms with Crippen LogP contribution in [0.2, 0.25) is 0 Å². The Balaban J connectivity index is 1.40. The van der Waals surface area contributed by atoms with Crippen molar-refractivity contribution in [1.29, 1.82) is 0 Å². The molecule has 180 valence electrons. The minimum atomic E-state index is -0.956. The summed E-state index contributed by atoms with van der Waals surface area (Å²) < 4.78 is 0. The quantitative estimate of drug-likeness (QED) is 0.485. The molecule has 1 amide bonds. The summed E-state index contributed by atoms with van der Waals surface area (Å²) in [5, 5.41) is 12.7. The van der Waals surface area contributed by atoms with E-state index in [1.165, 1.54) is 5.56 Å². The Kier molecular flexibility index (Phi) is 8.14. The van der Waals surface area contributed by atoms with Crippen LogP contribution in [0.1, 0.15) is 28.8 Å². The van der Waals surface area contributed by atoms with Crippen molar-refractivity contribution in [3.8, 4) is 0 Å². The Bertz CT molecular complexity index is 997. The van der Waals surface area contributed by atoms with Crippen molar-refractivity contribution in [2.45, 2.75) is 19.3 Å². The van der Waals surface area contributed by atoms with Gasteiger partial charge in [-0.1, -0.05) is 36.4 Å². The lowest BCUT2D eigenvalue weighted by Crippen LogP contribution is -2.52. The van der Waals surface area contributed by atoms with Gasteiger partial charge in [-0.25, -0.2) is 4.79 Å². The van der Waals surface area contributed by atoms with Gasteiger partial charge >= 0.3 is 5.97 Å². The van der Waals surface area contributed by atoms with E-state index in [2.05, 4.69) is 27.2 Å². The number of aliphatic imine (C=N–C) groups is 1. The number of hydrogen-bond acceptors (Lipinski definition) is 4. The van der Waals surface area contributed by atoms with Crippen LogP contribution in [-0.2, 0) is 11.2 Å². The smallest absolute Gasteiger partial charge is 0.335 e. The van der Waals surface area contributed by atoms with Crippen molar-refractivity contribution in [1.82, 2.24) is 14.7 Å². The van der Waals surface area contributed by atoms with Crippen LogP contribution < -0.4 is 5.32 Å². The zero-order chi connectivity index (χ0) is 23.8. The first-order valence-corrected chi connectivity index (χ1v) is 12.0. The molecule has 0 unspecified atom stereocenters. The van der Waals surface area contributed by atoms with E-state index in [1.54, 1.807) is 18.2 Å². The predicted octanol–water partition coefficient (Wildman–Crippen LogP) is 2.64. The second-order valence-corrected chi connectivity index (χ2v) is 8.80. The van der Waals surface area contributed by atoms with Gasteiger partial charge in [0.15, 0.2) is 5.96 Å². The van der Waals surface area contributed by atoms with E-state index in [4.69, 9.17) is 4.99 Å². The molecule has 0 radical (unpaired) electrons. The average molecular weight is 464 g/mol. The van der Waals surface area contributed by atoms with Gasteiger partial charge in [0.05, 0.1) is 12.1 Å². The van der Waals surface area contributed by atoms with Gasteiger partial charge in [-0.3, -0.25) is 14.7 Å². The third kappa shape index (κ3) is 6.57. The molecule has 4 rings (SSSR count). The number of carboxylic acid groups (broad SMARTS) is 1. The van der Waals surface area contributed by atoms with Crippen LogP contribution in [0, 0.1) is 0 Å². The summed E-state index contributed by atoms with van der Waals surface area (Å²) >= 11 is 0. The molecular formula is C26H33N5O3.